The molecule has 76 valence electrons. The molecular formula is C12H9ClO2. The number of furan rings is 1. The SMILES string of the molecule is O=C(Cc1ccccc1)c1ccoc1Cl. The van der Waals surface area contributed by atoms with Gasteiger partial charge in [-0.15, -0.1) is 0 Å². The zero-order valence-electron chi connectivity index (χ0n) is 7.94. The molecule has 1 aromatic carbocycles. The molecule has 0 aliphatic heterocycles. The number of carbonyl (C=O) groups excluding carboxylic acids is 1. The first-order valence-electron chi connectivity index (χ1n) is 4.57. The van der Waals surface area contributed by atoms with E-state index in [4.69, 9.17) is 16.0 Å². The van der Waals surface area contributed by atoms with Crippen molar-refractivity contribution in [3.63, 3.8) is 0 Å². The molecule has 2 rings (SSSR count). The van der Waals surface area contributed by atoms with Gasteiger partial charge in [-0.05, 0) is 23.2 Å². The predicted molar refractivity (Wildman–Crippen MR) is 58.2 cm³/mol. The number of carbonyl (C=O) groups is 1. The zero-order valence-corrected chi connectivity index (χ0v) is 8.70. The summed E-state index contributed by atoms with van der Waals surface area (Å²) in [7, 11) is 0. The molecular weight excluding hydrogens is 212 g/mol. The van der Waals surface area contributed by atoms with Crippen LogP contribution in [0.15, 0.2) is 47.1 Å². The fraction of sp³-hybridized carbons (Fsp3) is 0.0833. The van der Waals surface area contributed by atoms with Crippen molar-refractivity contribution in [2.45, 2.75) is 6.42 Å². The van der Waals surface area contributed by atoms with E-state index >= 15 is 0 Å². The minimum atomic E-state index is -0.0278. The van der Waals surface area contributed by atoms with Crippen molar-refractivity contribution >= 4 is 17.4 Å². The van der Waals surface area contributed by atoms with Crippen LogP contribution in [0.2, 0.25) is 5.22 Å². The number of benzene rings is 1. The minimum absolute atomic E-state index is 0.0278. The molecule has 0 aliphatic rings. The Bertz CT molecular complexity index is 459. The Balaban J connectivity index is 2.15. The lowest BCUT2D eigenvalue weighted by molar-refractivity contribution is 0.0992. The van der Waals surface area contributed by atoms with E-state index in [1.165, 1.54) is 6.26 Å². The van der Waals surface area contributed by atoms with E-state index < -0.39 is 0 Å². The average Bonchev–Trinajstić information content (AvgIpc) is 2.66. The van der Waals surface area contributed by atoms with Crippen LogP contribution in [0, 0.1) is 0 Å². The Morgan fingerprint density at radius 3 is 2.53 bits per heavy atom. The van der Waals surface area contributed by atoms with Crippen molar-refractivity contribution in [3.8, 4) is 0 Å². The maximum Gasteiger partial charge on any atom is 0.203 e. The van der Waals surface area contributed by atoms with Gasteiger partial charge in [0.2, 0.25) is 5.22 Å². The summed E-state index contributed by atoms with van der Waals surface area (Å²) >= 11 is 5.71. The summed E-state index contributed by atoms with van der Waals surface area (Å²) in [6, 6.07) is 11.1. The van der Waals surface area contributed by atoms with E-state index in [2.05, 4.69) is 0 Å². The molecule has 0 fully saturated rings. The van der Waals surface area contributed by atoms with Crippen LogP contribution in [0.5, 0.6) is 0 Å². The van der Waals surface area contributed by atoms with Crippen molar-refractivity contribution in [2.24, 2.45) is 0 Å². The number of Topliss-reactive ketones (excluding diaryl/α,β-unsaturated/α-hetero) is 1. The number of hydrogen-bond acceptors (Lipinski definition) is 2. The van der Waals surface area contributed by atoms with Gasteiger partial charge in [0.25, 0.3) is 0 Å². The monoisotopic (exact) mass is 220 g/mol. The first-order valence-corrected chi connectivity index (χ1v) is 4.95. The van der Waals surface area contributed by atoms with Gasteiger partial charge in [-0.2, -0.15) is 0 Å². The molecule has 0 saturated heterocycles. The summed E-state index contributed by atoms with van der Waals surface area (Å²) in [5, 5.41) is 0.163. The number of ketones is 1. The van der Waals surface area contributed by atoms with E-state index in [1.54, 1.807) is 6.07 Å². The molecule has 0 unspecified atom stereocenters. The lowest BCUT2D eigenvalue weighted by Crippen LogP contribution is -2.02. The van der Waals surface area contributed by atoms with Crippen molar-refractivity contribution in [1.82, 2.24) is 0 Å². The van der Waals surface area contributed by atoms with E-state index in [9.17, 15) is 4.79 Å². The second-order valence-electron chi connectivity index (χ2n) is 3.19. The normalized spacial score (nSPS) is 10.2. The number of hydrogen-bond donors (Lipinski definition) is 0. The Morgan fingerprint density at radius 1 is 1.20 bits per heavy atom. The largest absolute Gasteiger partial charge is 0.452 e. The van der Waals surface area contributed by atoms with Gasteiger partial charge in [-0.3, -0.25) is 4.79 Å². The maximum absolute atomic E-state index is 11.8. The first-order chi connectivity index (χ1) is 7.27. The molecule has 2 nitrogen and oxygen atoms in total. The molecule has 0 saturated carbocycles. The van der Waals surface area contributed by atoms with Gasteiger partial charge in [0.1, 0.15) is 0 Å². The lowest BCUT2D eigenvalue weighted by atomic mass is 10.1. The molecule has 0 spiro atoms. The summed E-state index contributed by atoms with van der Waals surface area (Å²) in [5.74, 6) is -0.0278. The van der Waals surface area contributed by atoms with E-state index in [-0.39, 0.29) is 11.0 Å². The van der Waals surface area contributed by atoms with Gasteiger partial charge >= 0.3 is 0 Å². The Kier molecular flexibility index (Phi) is 2.88. The summed E-state index contributed by atoms with van der Waals surface area (Å²) in [6.07, 6.45) is 1.76. The van der Waals surface area contributed by atoms with Crippen molar-refractivity contribution in [1.29, 1.82) is 0 Å². The van der Waals surface area contributed by atoms with Gasteiger partial charge in [0.05, 0.1) is 11.8 Å². The topological polar surface area (TPSA) is 30.2 Å². The zero-order chi connectivity index (χ0) is 10.7. The van der Waals surface area contributed by atoms with Crippen LogP contribution in [-0.4, -0.2) is 5.78 Å². The molecule has 0 bridgehead atoms. The van der Waals surface area contributed by atoms with E-state index in [0.717, 1.165) is 5.56 Å². The van der Waals surface area contributed by atoms with Gasteiger partial charge in [-0.25, -0.2) is 0 Å². The molecule has 0 aliphatic carbocycles. The first kappa shape index (κ1) is 9.99. The highest BCUT2D eigenvalue weighted by atomic mass is 35.5. The fourth-order valence-corrected chi connectivity index (χ4v) is 1.59. The Hall–Kier alpha value is -1.54. The van der Waals surface area contributed by atoms with Crippen LogP contribution in [-0.2, 0) is 6.42 Å². The molecule has 1 aromatic heterocycles. The summed E-state index contributed by atoms with van der Waals surface area (Å²) in [4.78, 5) is 11.8. The highest BCUT2D eigenvalue weighted by molar-refractivity contribution is 6.32. The summed E-state index contributed by atoms with van der Waals surface area (Å²) in [5.41, 5.74) is 1.42. The maximum atomic E-state index is 11.8. The quantitative estimate of drug-likeness (QED) is 0.743. The second-order valence-corrected chi connectivity index (χ2v) is 3.54. The van der Waals surface area contributed by atoms with E-state index in [1.807, 2.05) is 30.3 Å². The van der Waals surface area contributed by atoms with Gasteiger partial charge in [0.15, 0.2) is 5.78 Å². The van der Waals surface area contributed by atoms with Crippen LogP contribution >= 0.6 is 11.6 Å². The average molecular weight is 221 g/mol. The third kappa shape index (κ3) is 2.28. The van der Waals surface area contributed by atoms with Crippen LogP contribution < -0.4 is 0 Å². The van der Waals surface area contributed by atoms with Gasteiger partial charge < -0.3 is 4.42 Å². The van der Waals surface area contributed by atoms with Crippen LogP contribution in [0.3, 0.4) is 0 Å². The van der Waals surface area contributed by atoms with Crippen LogP contribution in [0.4, 0.5) is 0 Å². The molecule has 0 atom stereocenters. The molecule has 1 heterocycles. The Morgan fingerprint density at radius 2 is 1.93 bits per heavy atom. The smallest absolute Gasteiger partial charge is 0.203 e. The standard InChI is InChI=1S/C12H9ClO2/c13-12-10(6-7-15-12)11(14)8-9-4-2-1-3-5-9/h1-7H,8H2. The predicted octanol–water partition coefficient (Wildman–Crippen LogP) is 3.36. The lowest BCUT2D eigenvalue weighted by Gasteiger charge is -1.98. The second kappa shape index (κ2) is 4.32. The van der Waals surface area contributed by atoms with Gasteiger partial charge in [-0.1, -0.05) is 30.3 Å². The Labute approximate surface area is 92.5 Å². The third-order valence-corrected chi connectivity index (χ3v) is 2.42. The molecule has 0 radical (unpaired) electrons. The van der Waals surface area contributed by atoms with E-state index in [0.29, 0.717) is 12.0 Å². The van der Waals surface area contributed by atoms with Crippen molar-refractivity contribution in [2.75, 3.05) is 0 Å². The molecule has 15 heavy (non-hydrogen) atoms. The molecule has 2 aromatic rings. The highest BCUT2D eigenvalue weighted by Crippen LogP contribution is 2.18. The molecule has 0 amide bonds. The van der Waals surface area contributed by atoms with Gasteiger partial charge in [0, 0.05) is 6.42 Å². The van der Waals surface area contributed by atoms with Crippen LogP contribution in [0.1, 0.15) is 15.9 Å². The number of rotatable bonds is 3. The molecule has 3 heteroatoms. The third-order valence-electron chi connectivity index (χ3n) is 2.13. The van der Waals surface area contributed by atoms with Crippen LogP contribution in [0.25, 0.3) is 0 Å². The van der Waals surface area contributed by atoms with Crippen molar-refractivity contribution in [3.05, 3.63) is 59.0 Å². The highest BCUT2D eigenvalue weighted by Gasteiger charge is 2.12. The summed E-state index contributed by atoms with van der Waals surface area (Å²) in [6.45, 7) is 0. The molecule has 0 N–H and O–H groups in total. The fourth-order valence-electron chi connectivity index (χ4n) is 1.37. The summed E-state index contributed by atoms with van der Waals surface area (Å²) < 4.78 is 4.87. The minimum Gasteiger partial charge on any atom is -0.452 e. The van der Waals surface area contributed by atoms with Crippen molar-refractivity contribution < 1.29 is 9.21 Å². The number of halogens is 1.